The van der Waals surface area contributed by atoms with Crippen molar-refractivity contribution in [3.05, 3.63) is 47.5 Å². The quantitative estimate of drug-likeness (QED) is 0.501. The Balaban J connectivity index is 1.25. The van der Waals surface area contributed by atoms with Crippen LogP contribution in [0.3, 0.4) is 0 Å². The van der Waals surface area contributed by atoms with Crippen LogP contribution >= 0.6 is 0 Å². The molecule has 8 nitrogen and oxygen atoms in total. The summed E-state index contributed by atoms with van der Waals surface area (Å²) >= 11 is 0. The van der Waals surface area contributed by atoms with E-state index in [4.69, 9.17) is 0 Å². The molecule has 1 aromatic heterocycles. The Morgan fingerprint density at radius 2 is 1.71 bits per heavy atom. The Morgan fingerprint density at radius 3 is 2.29 bits per heavy atom. The number of tetrazole rings is 1. The van der Waals surface area contributed by atoms with Gasteiger partial charge in [0.15, 0.2) is 15.7 Å². The summed E-state index contributed by atoms with van der Waals surface area (Å²) in [5.74, 6) is 0.267. The smallest absolute Gasteiger partial charge is 0.317 e. The van der Waals surface area contributed by atoms with Gasteiger partial charge in [0.25, 0.3) is 0 Å². The zero-order chi connectivity index (χ0) is 26.7. The molecule has 0 amide bonds. The van der Waals surface area contributed by atoms with Gasteiger partial charge in [-0.2, -0.15) is 13.2 Å². The number of piperidine rings is 1. The van der Waals surface area contributed by atoms with E-state index in [9.17, 15) is 21.6 Å². The predicted molar refractivity (Wildman–Crippen MR) is 135 cm³/mol. The molecule has 2 aliphatic heterocycles. The summed E-state index contributed by atoms with van der Waals surface area (Å²) < 4.78 is 66.7. The van der Waals surface area contributed by atoms with Crippen LogP contribution in [0.1, 0.15) is 42.7 Å². The van der Waals surface area contributed by atoms with Crippen LogP contribution in [0.15, 0.2) is 41.3 Å². The molecule has 1 aliphatic carbocycles. The van der Waals surface area contributed by atoms with E-state index < -0.39 is 26.5 Å². The molecule has 2 saturated heterocycles. The van der Waals surface area contributed by atoms with Gasteiger partial charge in [0.2, 0.25) is 0 Å². The lowest BCUT2D eigenvalue weighted by atomic mass is 9.59. The number of aromatic amines is 1. The number of sulfone groups is 1. The summed E-state index contributed by atoms with van der Waals surface area (Å²) in [5, 5.41) is 16.6. The van der Waals surface area contributed by atoms with Crippen molar-refractivity contribution in [2.75, 3.05) is 32.4 Å². The molecule has 0 radical (unpaired) electrons. The maximum atomic E-state index is 13.8. The summed E-state index contributed by atoms with van der Waals surface area (Å²) in [4.78, 5) is 1.72. The molecule has 0 atom stereocenters. The van der Waals surface area contributed by atoms with Crippen LogP contribution in [0.4, 0.5) is 13.2 Å². The van der Waals surface area contributed by atoms with E-state index in [0.29, 0.717) is 28.5 Å². The minimum Gasteiger partial charge on any atom is -0.317 e. The maximum absolute atomic E-state index is 13.8. The molecule has 6 rings (SSSR count). The van der Waals surface area contributed by atoms with E-state index in [2.05, 4.69) is 30.8 Å². The second-order valence-electron chi connectivity index (χ2n) is 11.0. The van der Waals surface area contributed by atoms with Crippen LogP contribution in [0.2, 0.25) is 0 Å². The molecule has 3 aromatic rings. The number of likely N-dealkylation sites (tertiary alicyclic amines) is 1. The Hall–Kier alpha value is -2.83. The summed E-state index contributed by atoms with van der Waals surface area (Å²) in [6.07, 6.45) is 1.02. The lowest BCUT2D eigenvalue weighted by Crippen LogP contribution is -2.60. The van der Waals surface area contributed by atoms with Crippen molar-refractivity contribution in [2.24, 2.45) is 5.41 Å². The summed E-state index contributed by atoms with van der Waals surface area (Å²) in [7, 11) is -4.29. The van der Waals surface area contributed by atoms with Gasteiger partial charge in [0.1, 0.15) is 0 Å². The molecule has 2 aromatic carbocycles. The minimum atomic E-state index is -4.87. The van der Waals surface area contributed by atoms with Crippen LogP contribution in [0, 0.1) is 5.41 Å². The van der Waals surface area contributed by atoms with Crippen LogP contribution < -0.4 is 5.32 Å². The van der Waals surface area contributed by atoms with E-state index >= 15 is 0 Å². The molecule has 3 aliphatic rings. The van der Waals surface area contributed by atoms with Crippen LogP contribution in [0.25, 0.3) is 22.5 Å². The number of halogens is 3. The van der Waals surface area contributed by atoms with Gasteiger partial charge in [-0.15, -0.1) is 5.10 Å². The molecular weight excluding hydrogens is 517 g/mol. The second kappa shape index (κ2) is 9.13. The predicted octanol–water partition coefficient (Wildman–Crippen LogP) is 3.89. The molecule has 0 unspecified atom stereocenters. The number of aromatic nitrogens is 4. The van der Waals surface area contributed by atoms with Gasteiger partial charge in [-0.05, 0) is 77.4 Å². The van der Waals surface area contributed by atoms with Gasteiger partial charge in [0.05, 0.1) is 10.5 Å². The molecule has 38 heavy (non-hydrogen) atoms. The average molecular weight is 547 g/mol. The van der Waals surface area contributed by atoms with Crippen LogP contribution in [-0.2, 0) is 16.0 Å². The van der Waals surface area contributed by atoms with Crippen molar-refractivity contribution in [3.63, 3.8) is 0 Å². The fourth-order valence-corrected chi connectivity index (χ4v) is 7.61. The van der Waals surface area contributed by atoms with Gasteiger partial charge in [0, 0.05) is 36.9 Å². The van der Waals surface area contributed by atoms with Gasteiger partial charge in [-0.25, -0.2) is 13.5 Å². The van der Waals surface area contributed by atoms with Crippen molar-refractivity contribution in [2.45, 2.75) is 48.7 Å². The van der Waals surface area contributed by atoms with Gasteiger partial charge >= 0.3 is 6.18 Å². The number of alkyl halides is 3. The van der Waals surface area contributed by atoms with Crippen molar-refractivity contribution in [3.8, 4) is 22.5 Å². The van der Waals surface area contributed by atoms with Crippen LogP contribution in [-0.4, -0.2) is 72.4 Å². The Kier molecular flexibility index (Phi) is 6.11. The average Bonchev–Trinajstić information content (AvgIpc) is 3.36. The maximum Gasteiger partial charge on any atom is 0.417 e. The van der Waals surface area contributed by atoms with Gasteiger partial charge < -0.3 is 5.32 Å². The first kappa shape index (κ1) is 25.4. The molecule has 3 heterocycles. The molecular formula is C26H29F3N6O2S. The number of nitrogens with one attached hydrogen (secondary N) is 2. The normalized spacial score (nSPS) is 20.8. The van der Waals surface area contributed by atoms with Crippen molar-refractivity contribution in [1.82, 2.24) is 30.8 Å². The molecule has 12 heteroatoms. The lowest BCUT2D eigenvalue weighted by molar-refractivity contribution is -0.139. The van der Waals surface area contributed by atoms with Crippen LogP contribution in [0.5, 0.6) is 0 Å². The minimum absolute atomic E-state index is 0.141. The molecule has 3 fully saturated rings. The first-order chi connectivity index (χ1) is 18.0. The summed E-state index contributed by atoms with van der Waals surface area (Å²) in [6, 6.07) is 10.4. The third kappa shape index (κ3) is 4.52. The number of nitrogens with zero attached hydrogens (tertiary/aromatic N) is 4. The number of H-pyrrole nitrogens is 1. The Morgan fingerprint density at radius 1 is 1.03 bits per heavy atom. The van der Waals surface area contributed by atoms with E-state index in [1.54, 1.807) is 0 Å². The Bertz CT molecular complexity index is 1420. The van der Waals surface area contributed by atoms with Gasteiger partial charge in [-0.3, -0.25) is 4.90 Å². The summed E-state index contributed by atoms with van der Waals surface area (Å²) in [6.45, 7) is 4.26. The zero-order valence-electron chi connectivity index (χ0n) is 20.9. The van der Waals surface area contributed by atoms with Gasteiger partial charge in [-0.1, -0.05) is 30.3 Å². The fraction of sp³-hybridized carbons (Fsp3) is 0.500. The number of benzene rings is 2. The fourth-order valence-electron chi connectivity index (χ4n) is 6.45. The monoisotopic (exact) mass is 546 g/mol. The molecule has 1 spiro atoms. The van der Waals surface area contributed by atoms with E-state index in [1.165, 1.54) is 37.3 Å². The van der Waals surface area contributed by atoms with E-state index in [-0.39, 0.29) is 11.4 Å². The molecule has 1 saturated carbocycles. The zero-order valence-corrected chi connectivity index (χ0v) is 21.7. The van der Waals surface area contributed by atoms with Crippen molar-refractivity contribution in [1.29, 1.82) is 0 Å². The number of hydrogen-bond acceptors (Lipinski definition) is 7. The van der Waals surface area contributed by atoms with E-state index in [1.807, 2.05) is 24.3 Å². The highest BCUT2D eigenvalue weighted by atomic mass is 32.2. The van der Waals surface area contributed by atoms with E-state index in [0.717, 1.165) is 38.5 Å². The second-order valence-corrected chi connectivity index (χ2v) is 12.9. The SMILES string of the molecule is CS(=O)(=O)c1c(C(F)(F)F)ccc(-c2ccc(C3CN(C4CC5(CCNCC5)C4)C3)cc2)c1-c1nnn[nH]1. The first-order valence-corrected chi connectivity index (χ1v) is 14.7. The lowest BCUT2D eigenvalue weighted by Gasteiger charge is -2.57. The molecule has 0 bridgehead atoms. The first-order valence-electron chi connectivity index (χ1n) is 12.8. The van der Waals surface area contributed by atoms with Crippen molar-refractivity contribution < 1.29 is 21.6 Å². The largest absolute Gasteiger partial charge is 0.417 e. The number of rotatable bonds is 5. The highest BCUT2D eigenvalue weighted by molar-refractivity contribution is 7.91. The summed E-state index contributed by atoms with van der Waals surface area (Å²) in [5.41, 5.74) is 1.17. The van der Waals surface area contributed by atoms with Crippen molar-refractivity contribution >= 4 is 9.84 Å². The highest BCUT2D eigenvalue weighted by Crippen LogP contribution is 2.51. The topological polar surface area (TPSA) is 104 Å². The number of hydrogen-bond donors (Lipinski definition) is 2. The molecule has 202 valence electrons. The standard InChI is InChI=1S/C26H29F3N6O2S/c1-38(36,37)23-21(26(27,28)29)7-6-20(22(23)24-31-33-34-32-24)17-4-2-16(3-5-17)18-14-35(15-18)19-12-25(13-19)8-10-30-11-9-25/h2-7,18-19,30H,8-15H2,1H3,(H,31,32,33,34). The Labute approximate surface area is 218 Å². The molecule has 2 N–H and O–H groups in total. The highest BCUT2D eigenvalue weighted by Gasteiger charge is 2.49. The third-order valence-corrected chi connectivity index (χ3v) is 9.70. The third-order valence-electron chi connectivity index (χ3n) is 8.54.